The van der Waals surface area contributed by atoms with Crippen molar-refractivity contribution < 1.29 is 23.5 Å². The number of carbonyl (C=O) groups is 2. The molecule has 4 aromatic rings. The van der Waals surface area contributed by atoms with Crippen molar-refractivity contribution in [1.82, 2.24) is 20.1 Å². The van der Waals surface area contributed by atoms with E-state index in [-0.39, 0.29) is 22.8 Å². The van der Waals surface area contributed by atoms with Crippen LogP contribution in [0.5, 0.6) is 0 Å². The Hall–Kier alpha value is -4.74. The average Bonchev–Trinajstić information content (AvgIpc) is 3.28. The second kappa shape index (κ2) is 10.5. The first-order valence-electron chi connectivity index (χ1n) is 11.4. The number of rotatable bonds is 9. The Bertz CT molecular complexity index is 1470. The van der Waals surface area contributed by atoms with Gasteiger partial charge in [0.05, 0.1) is 35.0 Å². The van der Waals surface area contributed by atoms with E-state index in [1.54, 1.807) is 29.1 Å². The Morgan fingerprint density at radius 1 is 1.11 bits per heavy atom. The number of benzene rings is 2. The minimum absolute atomic E-state index is 0.0423. The van der Waals surface area contributed by atoms with Gasteiger partial charge in [-0.05, 0) is 38.1 Å². The van der Waals surface area contributed by atoms with E-state index >= 15 is 4.39 Å². The number of pyridine rings is 1. The smallest absolute Gasteiger partial charge is 0.404 e. The lowest BCUT2D eigenvalue weighted by Gasteiger charge is -2.27. The van der Waals surface area contributed by atoms with Gasteiger partial charge in [-0.3, -0.25) is 9.48 Å². The molecule has 2 heterocycles. The molecule has 6 N–H and O–H groups in total. The van der Waals surface area contributed by atoms with E-state index in [9.17, 15) is 19.1 Å². The molecule has 0 aliphatic carbocycles. The predicted octanol–water partition coefficient (Wildman–Crippen LogP) is 4.38. The predicted molar refractivity (Wildman–Crippen MR) is 135 cm³/mol. The molecule has 0 unspecified atom stereocenters. The normalized spacial score (nSPS) is 12.6. The quantitative estimate of drug-likeness (QED) is 0.225. The third-order valence-electron chi connectivity index (χ3n) is 5.87. The second-order valence-corrected chi connectivity index (χ2v) is 8.28. The number of halogens is 2. The van der Waals surface area contributed by atoms with Crippen LogP contribution in [-0.2, 0) is 6.54 Å². The summed E-state index contributed by atoms with van der Waals surface area (Å²) in [5, 5.41) is 22.3. The van der Waals surface area contributed by atoms with E-state index in [0.717, 1.165) is 17.0 Å². The van der Waals surface area contributed by atoms with E-state index in [1.807, 2.05) is 13.0 Å². The van der Waals surface area contributed by atoms with Gasteiger partial charge in [0.15, 0.2) is 11.6 Å². The van der Waals surface area contributed by atoms with E-state index in [1.165, 1.54) is 25.1 Å². The number of fused-ring (bicyclic) bond motifs is 1. The van der Waals surface area contributed by atoms with Crippen LogP contribution in [0, 0.1) is 11.6 Å². The first-order valence-corrected chi connectivity index (χ1v) is 11.4. The van der Waals surface area contributed by atoms with E-state index < -0.39 is 35.7 Å². The number of hydrogen-bond acceptors (Lipinski definition) is 6. The number of nitrogens with two attached hydrogens (primary N) is 1. The Morgan fingerprint density at radius 3 is 2.54 bits per heavy atom. The number of amides is 2. The molecule has 2 amide bonds. The summed E-state index contributed by atoms with van der Waals surface area (Å²) in [6.07, 6.45) is 0.317. The van der Waals surface area contributed by atoms with Crippen LogP contribution in [-0.4, -0.2) is 37.9 Å². The molecule has 192 valence electrons. The fourth-order valence-corrected chi connectivity index (χ4v) is 4.09. The van der Waals surface area contributed by atoms with Crippen LogP contribution in [0.3, 0.4) is 0 Å². The molecule has 2 aromatic carbocycles. The van der Waals surface area contributed by atoms with Crippen molar-refractivity contribution in [2.45, 2.75) is 32.5 Å². The summed E-state index contributed by atoms with van der Waals surface area (Å²) in [6.45, 7) is 4.09. The standard InChI is InChI=1S/C25H25F2N7O3/c1-3-34-20-10-6-9-19(16(20)12-29-34)31-23-15(22(28)35)11-18(27)24(33-23)32-21(13(2)30-25(36)37)14-7-4-5-8-17(14)26/h4-13,21,30H,3H2,1-2H3,(H2,28,35)(H,36,37)(H2,31,32,33)/t13-,21+/m0/s1. The number of aryl methyl sites for hydroxylation is 1. The maximum Gasteiger partial charge on any atom is 0.404 e. The first-order chi connectivity index (χ1) is 17.7. The summed E-state index contributed by atoms with van der Waals surface area (Å²) in [7, 11) is 0. The molecule has 12 heteroatoms. The highest BCUT2D eigenvalue weighted by molar-refractivity contribution is 6.00. The van der Waals surface area contributed by atoms with E-state index in [0.29, 0.717) is 12.2 Å². The van der Waals surface area contributed by atoms with E-state index in [2.05, 4.69) is 26.0 Å². The van der Waals surface area contributed by atoms with Crippen molar-refractivity contribution in [3.8, 4) is 0 Å². The number of nitrogens with zero attached hydrogens (tertiary/aromatic N) is 3. The number of carboxylic acid groups (broad SMARTS) is 1. The highest BCUT2D eigenvalue weighted by Crippen LogP contribution is 2.31. The SMILES string of the molecule is CCn1ncc2c(Nc3nc(N[C@@H](c4ccccc4F)[C@H](C)NC(=O)O)c(F)cc3C(N)=O)cccc21. The maximum atomic E-state index is 15.1. The molecule has 2 atom stereocenters. The van der Waals surface area contributed by atoms with E-state index in [4.69, 9.17) is 5.73 Å². The zero-order chi connectivity index (χ0) is 26.7. The summed E-state index contributed by atoms with van der Waals surface area (Å²) in [4.78, 5) is 27.6. The molecule has 0 spiro atoms. The summed E-state index contributed by atoms with van der Waals surface area (Å²) < 4.78 is 31.6. The molecule has 0 aliphatic heterocycles. The number of aromatic nitrogens is 3. The van der Waals surface area contributed by atoms with Crippen LogP contribution < -0.4 is 21.7 Å². The van der Waals surface area contributed by atoms with Gasteiger partial charge in [-0.2, -0.15) is 5.10 Å². The second-order valence-electron chi connectivity index (χ2n) is 8.28. The molecule has 0 bridgehead atoms. The van der Waals surface area contributed by atoms with Crippen LogP contribution in [0.4, 0.5) is 30.9 Å². The largest absolute Gasteiger partial charge is 0.465 e. The third-order valence-corrected chi connectivity index (χ3v) is 5.87. The number of nitrogens with one attached hydrogen (secondary N) is 3. The minimum atomic E-state index is -1.34. The van der Waals surface area contributed by atoms with Gasteiger partial charge in [-0.1, -0.05) is 24.3 Å². The highest BCUT2D eigenvalue weighted by atomic mass is 19.1. The number of primary amides is 1. The molecule has 37 heavy (non-hydrogen) atoms. The molecule has 0 aliphatic rings. The highest BCUT2D eigenvalue weighted by Gasteiger charge is 2.26. The molecule has 0 saturated heterocycles. The van der Waals surface area contributed by atoms with Crippen molar-refractivity contribution in [3.63, 3.8) is 0 Å². The summed E-state index contributed by atoms with van der Waals surface area (Å²) in [6, 6.07) is 10.1. The van der Waals surface area contributed by atoms with Gasteiger partial charge in [0, 0.05) is 17.5 Å². The molecule has 0 fully saturated rings. The summed E-state index contributed by atoms with van der Waals surface area (Å²) in [5.41, 5.74) is 6.77. The molecule has 0 radical (unpaired) electrons. The van der Waals surface area contributed by atoms with Gasteiger partial charge in [-0.25, -0.2) is 18.6 Å². The molecule has 4 rings (SSSR count). The molecule has 0 saturated carbocycles. The van der Waals surface area contributed by atoms with Crippen molar-refractivity contribution >= 4 is 40.2 Å². The zero-order valence-corrected chi connectivity index (χ0v) is 20.0. The van der Waals surface area contributed by atoms with Crippen molar-refractivity contribution in [2.75, 3.05) is 10.6 Å². The van der Waals surface area contributed by atoms with Gasteiger partial charge in [-0.15, -0.1) is 0 Å². The number of carbonyl (C=O) groups excluding carboxylic acids is 1. The van der Waals surface area contributed by atoms with Crippen LogP contribution >= 0.6 is 0 Å². The Labute approximate surface area is 210 Å². The Kier molecular flexibility index (Phi) is 7.18. The van der Waals surface area contributed by atoms with Gasteiger partial charge in [0.1, 0.15) is 11.6 Å². The van der Waals surface area contributed by atoms with Crippen molar-refractivity contribution in [3.05, 3.63) is 77.5 Å². The molecule has 10 nitrogen and oxygen atoms in total. The number of hydrogen-bond donors (Lipinski definition) is 5. The monoisotopic (exact) mass is 509 g/mol. The third kappa shape index (κ3) is 5.27. The summed E-state index contributed by atoms with van der Waals surface area (Å²) >= 11 is 0. The van der Waals surface area contributed by atoms with Gasteiger partial charge >= 0.3 is 6.09 Å². The van der Waals surface area contributed by atoms with Crippen LogP contribution in [0.15, 0.2) is 54.7 Å². The maximum absolute atomic E-state index is 15.1. The topological polar surface area (TPSA) is 147 Å². The zero-order valence-electron chi connectivity index (χ0n) is 20.0. The van der Waals surface area contributed by atoms with Crippen molar-refractivity contribution in [2.24, 2.45) is 5.73 Å². The summed E-state index contributed by atoms with van der Waals surface area (Å²) in [5.74, 6) is -2.84. The molecular formula is C25H25F2N7O3. The van der Waals surface area contributed by atoms with Gasteiger partial charge < -0.3 is 26.8 Å². The Morgan fingerprint density at radius 2 is 1.86 bits per heavy atom. The molecule has 2 aromatic heterocycles. The fourth-order valence-electron chi connectivity index (χ4n) is 4.09. The van der Waals surface area contributed by atoms with Crippen LogP contribution in [0.25, 0.3) is 10.9 Å². The van der Waals surface area contributed by atoms with Gasteiger partial charge in [0.2, 0.25) is 0 Å². The number of anilines is 3. The van der Waals surface area contributed by atoms with Crippen LogP contribution in [0.1, 0.15) is 35.8 Å². The Balaban J connectivity index is 1.77. The lowest BCUT2D eigenvalue weighted by atomic mass is 9.99. The van der Waals surface area contributed by atoms with Crippen LogP contribution in [0.2, 0.25) is 0 Å². The first kappa shape index (κ1) is 25.4. The lowest BCUT2D eigenvalue weighted by Crippen LogP contribution is -2.39. The minimum Gasteiger partial charge on any atom is -0.465 e. The average molecular weight is 510 g/mol. The molecular weight excluding hydrogens is 484 g/mol. The lowest BCUT2D eigenvalue weighted by molar-refractivity contribution is 0.1000. The van der Waals surface area contributed by atoms with Crippen molar-refractivity contribution in [1.29, 1.82) is 0 Å². The van der Waals surface area contributed by atoms with Gasteiger partial charge in [0.25, 0.3) is 5.91 Å². The fraction of sp³-hybridized carbons (Fsp3) is 0.200.